The Balaban J connectivity index is 2.05. The average Bonchev–Trinajstić information content (AvgIpc) is 2.47. The quantitative estimate of drug-likeness (QED) is 0.830. The van der Waals surface area contributed by atoms with Gasteiger partial charge < -0.3 is 10.1 Å². The van der Waals surface area contributed by atoms with Gasteiger partial charge in [-0.15, -0.1) is 0 Å². The predicted octanol–water partition coefficient (Wildman–Crippen LogP) is 4.08. The highest BCUT2D eigenvalue weighted by molar-refractivity contribution is 5.24. The van der Waals surface area contributed by atoms with E-state index >= 15 is 0 Å². The van der Waals surface area contributed by atoms with E-state index in [-0.39, 0.29) is 11.8 Å². The van der Waals surface area contributed by atoms with Crippen LogP contribution in [-0.4, -0.2) is 13.2 Å². The van der Waals surface area contributed by atoms with Crippen molar-refractivity contribution < 1.29 is 13.5 Å². The zero-order valence-corrected chi connectivity index (χ0v) is 12.0. The smallest absolute Gasteiger partial charge is 0.129 e. The molecule has 0 fully saturated rings. The van der Waals surface area contributed by atoms with E-state index in [1.54, 1.807) is 0 Å². The Bertz CT molecular complexity index is 540. The van der Waals surface area contributed by atoms with Crippen molar-refractivity contribution in [1.29, 1.82) is 0 Å². The molecule has 2 aromatic rings. The Labute approximate surface area is 123 Å². The van der Waals surface area contributed by atoms with Gasteiger partial charge in [0.1, 0.15) is 24.0 Å². The molecule has 1 N–H and O–H groups in total. The van der Waals surface area contributed by atoms with Gasteiger partial charge in [0, 0.05) is 18.2 Å². The fraction of sp³-hybridized carbons (Fsp3) is 0.294. The number of hydrogen-bond acceptors (Lipinski definition) is 2. The van der Waals surface area contributed by atoms with Gasteiger partial charge in [-0.25, -0.2) is 8.78 Å². The van der Waals surface area contributed by atoms with Crippen molar-refractivity contribution in [3.8, 4) is 5.75 Å². The zero-order valence-electron chi connectivity index (χ0n) is 12.0. The second-order valence-electron chi connectivity index (χ2n) is 4.83. The first kappa shape index (κ1) is 15.4. The fourth-order valence-corrected chi connectivity index (χ4v) is 2.07. The second kappa shape index (κ2) is 7.74. The maximum Gasteiger partial charge on any atom is 0.129 e. The summed E-state index contributed by atoms with van der Waals surface area (Å²) in [5.41, 5.74) is 1.09. The van der Waals surface area contributed by atoms with E-state index < -0.39 is 11.6 Å². The molecule has 2 aromatic carbocycles. The van der Waals surface area contributed by atoms with Crippen molar-refractivity contribution in [2.75, 3.05) is 13.2 Å². The Morgan fingerprint density at radius 1 is 1.05 bits per heavy atom. The summed E-state index contributed by atoms with van der Waals surface area (Å²) in [6, 6.07) is 13.1. The van der Waals surface area contributed by atoms with Gasteiger partial charge in [0.05, 0.1) is 6.04 Å². The van der Waals surface area contributed by atoms with Gasteiger partial charge >= 0.3 is 0 Å². The maximum absolute atomic E-state index is 13.1. The molecule has 2 nitrogen and oxygen atoms in total. The van der Waals surface area contributed by atoms with E-state index in [4.69, 9.17) is 4.74 Å². The molecule has 0 amide bonds. The van der Waals surface area contributed by atoms with Gasteiger partial charge in [0.15, 0.2) is 0 Å². The van der Waals surface area contributed by atoms with Crippen molar-refractivity contribution in [2.24, 2.45) is 0 Å². The topological polar surface area (TPSA) is 21.3 Å². The lowest BCUT2D eigenvalue weighted by Gasteiger charge is -2.19. The standard InChI is InChI=1S/C17H19F2NO/c1-2-8-20-17(13-6-4-3-5-7-13)12-21-16-10-14(18)9-15(19)11-16/h3-7,9-11,17,20H,2,8,12H2,1H3. The lowest BCUT2D eigenvalue weighted by molar-refractivity contribution is 0.264. The summed E-state index contributed by atoms with van der Waals surface area (Å²) >= 11 is 0. The van der Waals surface area contributed by atoms with Crippen molar-refractivity contribution in [3.05, 3.63) is 65.7 Å². The lowest BCUT2D eigenvalue weighted by atomic mass is 10.1. The van der Waals surface area contributed by atoms with Crippen LogP contribution in [0.15, 0.2) is 48.5 Å². The van der Waals surface area contributed by atoms with Crippen LogP contribution in [0, 0.1) is 11.6 Å². The summed E-state index contributed by atoms with van der Waals surface area (Å²) in [6.45, 7) is 3.24. The van der Waals surface area contributed by atoms with Gasteiger partial charge in [-0.3, -0.25) is 0 Å². The van der Waals surface area contributed by atoms with Crippen LogP contribution in [0.2, 0.25) is 0 Å². The Morgan fingerprint density at radius 2 is 1.71 bits per heavy atom. The zero-order chi connectivity index (χ0) is 15.1. The van der Waals surface area contributed by atoms with E-state index in [1.165, 1.54) is 12.1 Å². The van der Waals surface area contributed by atoms with Gasteiger partial charge in [-0.2, -0.15) is 0 Å². The minimum atomic E-state index is -0.636. The molecule has 0 radical (unpaired) electrons. The molecule has 4 heteroatoms. The first-order valence-corrected chi connectivity index (χ1v) is 7.06. The first-order chi connectivity index (χ1) is 10.2. The number of ether oxygens (including phenoxy) is 1. The molecule has 0 bridgehead atoms. The van der Waals surface area contributed by atoms with Crippen LogP contribution in [0.1, 0.15) is 24.9 Å². The van der Waals surface area contributed by atoms with Crippen molar-refractivity contribution in [3.63, 3.8) is 0 Å². The Morgan fingerprint density at radius 3 is 2.33 bits per heavy atom. The minimum Gasteiger partial charge on any atom is -0.491 e. The van der Waals surface area contributed by atoms with Crippen LogP contribution < -0.4 is 10.1 Å². The molecule has 1 atom stereocenters. The van der Waals surface area contributed by atoms with Crippen molar-refractivity contribution in [2.45, 2.75) is 19.4 Å². The third kappa shape index (κ3) is 4.83. The maximum atomic E-state index is 13.1. The molecule has 0 spiro atoms. The van der Waals surface area contributed by atoms with E-state index in [2.05, 4.69) is 12.2 Å². The molecule has 0 aliphatic rings. The third-order valence-corrected chi connectivity index (χ3v) is 3.10. The molecule has 1 unspecified atom stereocenters. The van der Waals surface area contributed by atoms with Crippen LogP contribution in [0.25, 0.3) is 0 Å². The number of nitrogens with one attached hydrogen (secondary N) is 1. The van der Waals surface area contributed by atoms with Crippen LogP contribution in [0.4, 0.5) is 8.78 Å². The average molecular weight is 291 g/mol. The molecular formula is C17H19F2NO. The highest BCUT2D eigenvalue weighted by Crippen LogP contribution is 2.19. The summed E-state index contributed by atoms with van der Waals surface area (Å²) < 4.78 is 31.8. The number of halogens is 2. The van der Waals surface area contributed by atoms with E-state index in [9.17, 15) is 8.78 Å². The summed E-state index contributed by atoms with van der Waals surface area (Å²) in [6.07, 6.45) is 0.998. The van der Waals surface area contributed by atoms with Gasteiger partial charge in [-0.05, 0) is 18.5 Å². The molecule has 112 valence electrons. The summed E-state index contributed by atoms with van der Waals surface area (Å²) in [4.78, 5) is 0. The molecule has 2 rings (SSSR count). The summed E-state index contributed by atoms with van der Waals surface area (Å²) in [5.74, 6) is -1.07. The highest BCUT2D eigenvalue weighted by atomic mass is 19.1. The monoisotopic (exact) mass is 291 g/mol. The third-order valence-electron chi connectivity index (χ3n) is 3.10. The molecule has 0 aliphatic carbocycles. The van der Waals surface area contributed by atoms with E-state index in [0.717, 1.165) is 24.6 Å². The molecular weight excluding hydrogens is 272 g/mol. The Kier molecular flexibility index (Phi) is 5.69. The molecule has 0 saturated carbocycles. The summed E-state index contributed by atoms with van der Waals surface area (Å²) in [5, 5.41) is 3.37. The van der Waals surface area contributed by atoms with Gasteiger partial charge in [-0.1, -0.05) is 37.3 Å². The molecule has 0 heterocycles. The highest BCUT2D eigenvalue weighted by Gasteiger charge is 2.12. The normalized spacial score (nSPS) is 12.1. The largest absolute Gasteiger partial charge is 0.491 e. The van der Waals surface area contributed by atoms with Crippen molar-refractivity contribution >= 4 is 0 Å². The van der Waals surface area contributed by atoms with Crippen LogP contribution in [0.5, 0.6) is 5.75 Å². The second-order valence-corrected chi connectivity index (χ2v) is 4.83. The summed E-state index contributed by atoms with van der Waals surface area (Å²) in [7, 11) is 0. The predicted molar refractivity (Wildman–Crippen MR) is 79.3 cm³/mol. The van der Waals surface area contributed by atoms with E-state index in [0.29, 0.717) is 6.61 Å². The minimum absolute atomic E-state index is 0.0162. The molecule has 0 saturated heterocycles. The Hall–Kier alpha value is -1.94. The molecule has 0 aromatic heterocycles. The van der Waals surface area contributed by atoms with Crippen LogP contribution in [-0.2, 0) is 0 Å². The SMILES string of the molecule is CCCNC(COc1cc(F)cc(F)c1)c1ccccc1. The van der Waals surface area contributed by atoms with Gasteiger partial charge in [0.2, 0.25) is 0 Å². The van der Waals surface area contributed by atoms with Crippen molar-refractivity contribution in [1.82, 2.24) is 5.32 Å². The lowest BCUT2D eigenvalue weighted by Crippen LogP contribution is -2.27. The number of hydrogen-bond donors (Lipinski definition) is 1. The van der Waals surface area contributed by atoms with Crippen LogP contribution in [0.3, 0.4) is 0 Å². The first-order valence-electron chi connectivity index (χ1n) is 7.06. The number of benzene rings is 2. The molecule has 0 aliphatic heterocycles. The van der Waals surface area contributed by atoms with Crippen LogP contribution >= 0.6 is 0 Å². The van der Waals surface area contributed by atoms with E-state index in [1.807, 2.05) is 30.3 Å². The molecule has 21 heavy (non-hydrogen) atoms. The van der Waals surface area contributed by atoms with Gasteiger partial charge in [0.25, 0.3) is 0 Å². The number of rotatable bonds is 7. The fourth-order valence-electron chi connectivity index (χ4n) is 2.07.